The predicted molar refractivity (Wildman–Crippen MR) is 55.3 cm³/mol. The van der Waals surface area contributed by atoms with E-state index in [2.05, 4.69) is 0 Å². The second-order valence-electron chi connectivity index (χ2n) is 4.68. The van der Waals surface area contributed by atoms with E-state index in [0.717, 1.165) is 0 Å². The van der Waals surface area contributed by atoms with Gasteiger partial charge in [0.25, 0.3) is 0 Å². The number of ketones is 1. The molecule has 88 valence electrons. The number of hydrogen-bond donors (Lipinski definition) is 2. The average Bonchev–Trinajstić information content (AvgIpc) is 1.99. The predicted octanol–water partition coefficient (Wildman–Crippen LogP) is -0.267. The van der Waals surface area contributed by atoms with Gasteiger partial charge in [-0.15, -0.1) is 0 Å². The Bertz CT molecular complexity index is 244. The van der Waals surface area contributed by atoms with Gasteiger partial charge < -0.3 is 14.7 Å². The number of aliphatic hydroxyl groups is 1. The van der Waals surface area contributed by atoms with E-state index in [4.69, 9.17) is 5.11 Å². The van der Waals surface area contributed by atoms with E-state index in [1.807, 2.05) is 21.1 Å². The van der Waals surface area contributed by atoms with Gasteiger partial charge in [-0.3, -0.25) is 9.59 Å². The topological polar surface area (TPSA) is 74.6 Å². The molecule has 0 aromatic rings. The third-order valence-corrected chi connectivity index (χ3v) is 2.08. The largest absolute Gasteiger partial charge is 0.481 e. The molecule has 5 heteroatoms. The van der Waals surface area contributed by atoms with E-state index in [1.54, 1.807) is 6.92 Å². The van der Waals surface area contributed by atoms with E-state index < -0.39 is 23.8 Å². The summed E-state index contributed by atoms with van der Waals surface area (Å²) in [5.74, 6) is -2.97. The number of nitrogens with zero attached hydrogens (tertiary/aromatic N) is 1. The average molecular weight is 218 g/mol. The van der Waals surface area contributed by atoms with E-state index in [1.165, 1.54) is 0 Å². The SMILES string of the molecule is CCC(=O)[C@H](C(=O)O)[C@H](O)C[N+](C)(C)C. The molecule has 0 rings (SSSR count). The number of quaternary nitrogens is 1. The van der Waals surface area contributed by atoms with Crippen molar-refractivity contribution in [3.8, 4) is 0 Å². The Balaban J connectivity index is 4.64. The molecule has 0 aliphatic rings. The Kier molecular flexibility index (Phi) is 4.90. The Labute approximate surface area is 89.9 Å². The summed E-state index contributed by atoms with van der Waals surface area (Å²) in [5, 5.41) is 18.6. The molecule has 0 fully saturated rings. The maximum atomic E-state index is 11.3. The van der Waals surface area contributed by atoms with E-state index >= 15 is 0 Å². The minimum absolute atomic E-state index is 0.130. The standard InChI is InChI=1S/C10H19NO4/c1-5-7(12)9(10(14)15)8(13)6-11(2,3)4/h8-9,13H,5-6H2,1-4H3/p+1/t8-,9+/m1/s1. The zero-order valence-electron chi connectivity index (χ0n) is 9.73. The summed E-state index contributed by atoms with van der Waals surface area (Å²) in [7, 11) is 5.50. The highest BCUT2D eigenvalue weighted by Crippen LogP contribution is 2.11. The van der Waals surface area contributed by atoms with Gasteiger partial charge in [-0.25, -0.2) is 0 Å². The number of aliphatic hydroxyl groups excluding tert-OH is 1. The summed E-state index contributed by atoms with van der Waals surface area (Å²) in [6.45, 7) is 1.83. The molecule has 0 aromatic heterocycles. The van der Waals surface area contributed by atoms with Crippen LogP contribution in [0.25, 0.3) is 0 Å². The van der Waals surface area contributed by atoms with Crippen LogP contribution in [0.2, 0.25) is 0 Å². The van der Waals surface area contributed by atoms with Crippen molar-refractivity contribution in [2.45, 2.75) is 19.4 Å². The van der Waals surface area contributed by atoms with Gasteiger partial charge in [0.15, 0.2) is 0 Å². The Morgan fingerprint density at radius 3 is 2.00 bits per heavy atom. The summed E-state index contributed by atoms with van der Waals surface area (Å²) in [6, 6.07) is 0. The number of hydrogen-bond acceptors (Lipinski definition) is 3. The van der Waals surface area contributed by atoms with Gasteiger partial charge in [0.2, 0.25) is 0 Å². The number of carbonyl (C=O) groups is 2. The molecule has 0 spiro atoms. The third kappa shape index (κ3) is 4.90. The van der Waals surface area contributed by atoms with Gasteiger partial charge in [0.05, 0.1) is 21.1 Å². The van der Waals surface area contributed by atoms with Crippen LogP contribution in [0.4, 0.5) is 0 Å². The summed E-state index contributed by atoms with van der Waals surface area (Å²) in [6.07, 6.45) is -1.000. The van der Waals surface area contributed by atoms with Gasteiger partial charge in [-0.1, -0.05) is 6.92 Å². The lowest BCUT2D eigenvalue weighted by atomic mass is 9.95. The van der Waals surface area contributed by atoms with Crippen molar-refractivity contribution in [1.82, 2.24) is 0 Å². The van der Waals surface area contributed by atoms with Crippen molar-refractivity contribution < 1.29 is 24.3 Å². The van der Waals surface area contributed by atoms with Crippen LogP contribution >= 0.6 is 0 Å². The number of carbonyl (C=O) groups excluding carboxylic acids is 1. The number of rotatable bonds is 6. The molecule has 0 amide bonds. The number of Topliss-reactive ketones (excluding diaryl/α,β-unsaturated/α-hetero) is 1. The minimum Gasteiger partial charge on any atom is -0.481 e. The Hall–Kier alpha value is -0.940. The van der Waals surface area contributed by atoms with Crippen molar-refractivity contribution >= 4 is 11.8 Å². The first-order chi connectivity index (χ1) is 6.69. The van der Waals surface area contributed by atoms with Crippen molar-refractivity contribution in [2.75, 3.05) is 27.7 Å². The molecule has 5 nitrogen and oxygen atoms in total. The molecule has 2 atom stereocenters. The third-order valence-electron chi connectivity index (χ3n) is 2.08. The zero-order valence-corrected chi connectivity index (χ0v) is 9.73. The summed E-state index contributed by atoms with van der Waals surface area (Å²) in [4.78, 5) is 22.2. The van der Waals surface area contributed by atoms with Crippen molar-refractivity contribution in [2.24, 2.45) is 5.92 Å². The van der Waals surface area contributed by atoms with Crippen molar-refractivity contribution in [1.29, 1.82) is 0 Å². The van der Waals surface area contributed by atoms with E-state index in [9.17, 15) is 14.7 Å². The molecule has 2 N–H and O–H groups in total. The highest BCUT2D eigenvalue weighted by Gasteiger charge is 2.35. The molecule has 0 aromatic carbocycles. The van der Waals surface area contributed by atoms with E-state index in [0.29, 0.717) is 4.48 Å². The second-order valence-corrected chi connectivity index (χ2v) is 4.68. The number of likely N-dealkylation sites (N-methyl/N-ethyl adjacent to an activating group) is 1. The number of aliphatic carboxylic acids is 1. The van der Waals surface area contributed by atoms with Crippen LogP contribution in [0.1, 0.15) is 13.3 Å². The highest BCUT2D eigenvalue weighted by molar-refractivity contribution is 5.98. The lowest BCUT2D eigenvalue weighted by Gasteiger charge is -2.28. The number of carboxylic acids is 1. The molecule has 0 aliphatic heterocycles. The maximum Gasteiger partial charge on any atom is 0.316 e. The van der Waals surface area contributed by atoms with Gasteiger partial charge >= 0.3 is 5.97 Å². The Morgan fingerprint density at radius 2 is 1.73 bits per heavy atom. The fourth-order valence-corrected chi connectivity index (χ4v) is 1.40. The van der Waals surface area contributed by atoms with Gasteiger partial charge in [-0.05, 0) is 0 Å². The van der Waals surface area contributed by atoms with Crippen LogP contribution in [-0.4, -0.2) is 60.2 Å². The quantitative estimate of drug-likeness (QED) is 0.475. The molecule has 0 radical (unpaired) electrons. The molecule has 0 saturated carbocycles. The molecule has 15 heavy (non-hydrogen) atoms. The van der Waals surface area contributed by atoms with Crippen LogP contribution in [0.5, 0.6) is 0 Å². The van der Waals surface area contributed by atoms with Crippen LogP contribution < -0.4 is 0 Å². The molecule has 0 saturated heterocycles. The second kappa shape index (κ2) is 5.23. The van der Waals surface area contributed by atoms with Crippen LogP contribution in [0.3, 0.4) is 0 Å². The van der Waals surface area contributed by atoms with Crippen molar-refractivity contribution in [3.05, 3.63) is 0 Å². The molecule has 0 unspecified atom stereocenters. The lowest BCUT2D eigenvalue weighted by molar-refractivity contribution is -0.873. The molecule has 0 heterocycles. The number of carboxylic acid groups (broad SMARTS) is 1. The fourth-order valence-electron chi connectivity index (χ4n) is 1.40. The maximum absolute atomic E-state index is 11.3. The Morgan fingerprint density at radius 1 is 1.27 bits per heavy atom. The van der Waals surface area contributed by atoms with Crippen LogP contribution in [0.15, 0.2) is 0 Å². The smallest absolute Gasteiger partial charge is 0.316 e. The zero-order chi connectivity index (χ0) is 12.2. The molecule has 0 bridgehead atoms. The normalized spacial score (nSPS) is 15.8. The molecule has 0 aliphatic carbocycles. The fraction of sp³-hybridized carbons (Fsp3) is 0.800. The van der Waals surface area contributed by atoms with Crippen molar-refractivity contribution in [3.63, 3.8) is 0 Å². The molecular weight excluding hydrogens is 198 g/mol. The summed E-state index contributed by atoms with van der Waals surface area (Å²) < 4.78 is 0.419. The molecular formula is C10H20NO4+. The first-order valence-corrected chi connectivity index (χ1v) is 4.93. The van der Waals surface area contributed by atoms with E-state index in [-0.39, 0.29) is 13.0 Å². The first-order valence-electron chi connectivity index (χ1n) is 4.93. The monoisotopic (exact) mass is 218 g/mol. The lowest BCUT2D eigenvalue weighted by Crippen LogP contribution is -2.47. The minimum atomic E-state index is -1.30. The summed E-state index contributed by atoms with van der Waals surface area (Å²) >= 11 is 0. The van der Waals surface area contributed by atoms with Crippen LogP contribution in [-0.2, 0) is 9.59 Å². The van der Waals surface area contributed by atoms with Gasteiger partial charge in [-0.2, -0.15) is 0 Å². The van der Waals surface area contributed by atoms with Crippen LogP contribution in [0, 0.1) is 5.92 Å². The summed E-state index contributed by atoms with van der Waals surface area (Å²) in [5.41, 5.74) is 0. The first kappa shape index (κ1) is 14.1. The highest BCUT2D eigenvalue weighted by atomic mass is 16.4. The van der Waals surface area contributed by atoms with Gasteiger partial charge in [0.1, 0.15) is 24.3 Å². The van der Waals surface area contributed by atoms with Gasteiger partial charge in [0, 0.05) is 6.42 Å².